The van der Waals surface area contributed by atoms with Crippen molar-refractivity contribution in [3.05, 3.63) is 29.3 Å². The van der Waals surface area contributed by atoms with Gasteiger partial charge in [0.2, 0.25) is 5.91 Å². The minimum Gasteiger partial charge on any atom is -0.354 e. The van der Waals surface area contributed by atoms with E-state index in [-0.39, 0.29) is 18.0 Å². The van der Waals surface area contributed by atoms with Gasteiger partial charge in [-0.2, -0.15) is 0 Å². The number of likely N-dealkylation sites (N-methyl/N-ethyl adjacent to an activating group) is 1. The van der Waals surface area contributed by atoms with Crippen LogP contribution in [0.5, 0.6) is 0 Å². The maximum Gasteiger partial charge on any atom is 0.246 e. The zero-order valence-corrected chi connectivity index (χ0v) is 11.4. The molecule has 1 saturated heterocycles. The molecule has 2 rings (SSSR count). The smallest absolute Gasteiger partial charge is 0.246 e. The first-order valence-electron chi connectivity index (χ1n) is 6.03. The molecule has 1 amide bonds. The van der Waals surface area contributed by atoms with E-state index in [0.29, 0.717) is 18.1 Å². The normalized spacial score (nSPS) is 24.6. The fourth-order valence-electron chi connectivity index (χ4n) is 2.52. The maximum atomic E-state index is 12.1. The summed E-state index contributed by atoms with van der Waals surface area (Å²) in [6.45, 7) is 3.12. The second kappa shape index (κ2) is 5.16. The van der Waals surface area contributed by atoms with Crippen molar-refractivity contribution in [2.24, 2.45) is 5.73 Å². The molecule has 4 nitrogen and oxygen atoms in total. The highest BCUT2D eigenvalue weighted by Gasteiger charge is 2.36. The van der Waals surface area contributed by atoms with E-state index in [4.69, 9.17) is 17.3 Å². The van der Waals surface area contributed by atoms with Gasteiger partial charge >= 0.3 is 0 Å². The lowest BCUT2D eigenvalue weighted by atomic mass is 10.0. The summed E-state index contributed by atoms with van der Waals surface area (Å²) in [6.07, 6.45) is 0. The van der Waals surface area contributed by atoms with E-state index in [1.807, 2.05) is 31.3 Å². The van der Waals surface area contributed by atoms with Gasteiger partial charge in [0.05, 0.1) is 0 Å². The SMILES string of the molecule is CC1CN(C)C(=O)C(CN)N1c1ccc(Cl)cc1. The molecule has 98 valence electrons. The van der Waals surface area contributed by atoms with Crippen molar-refractivity contribution in [2.75, 3.05) is 25.0 Å². The lowest BCUT2D eigenvalue weighted by Gasteiger charge is -2.44. The zero-order chi connectivity index (χ0) is 13.3. The number of halogens is 1. The van der Waals surface area contributed by atoms with E-state index in [1.54, 1.807) is 4.90 Å². The molecule has 5 heteroatoms. The number of piperazine rings is 1. The van der Waals surface area contributed by atoms with Crippen LogP contribution in [-0.4, -0.2) is 43.0 Å². The van der Waals surface area contributed by atoms with Crippen LogP contribution >= 0.6 is 11.6 Å². The average Bonchev–Trinajstić information content (AvgIpc) is 2.35. The molecule has 1 aromatic rings. The number of nitrogens with zero attached hydrogens (tertiary/aromatic N) is 2. The molecule has 1 aromatic carbocycles. The summed E-state index contributed by atoms with van der Waals surface area (Å²) in [5.41, 5.74) is 6.75. The molecule has 0 aliphatic carbocycles. The van der Waals surface area contributed by atoms with Crippen molar-refractivity contribution in [2.45, 2.75) is 19.0 Å². The van der Waals surface area contributed by atoms with Crippen LogP contribution in [0.4, 0.5) is 5.69 Å². The third-order valence-electron chi connectivity index (χ3n) is 3.36. The van der Waals surface area contributed by atoms with Crippen LogP contribution in [0.15, 0.2) is 24.3 Å². The Morgan fingerprint density at radius 2 is 2.00 bits per heavy atom. The van der Waals surface area contributed by atoms with Crippen molar-refractivity contribution in [3.8, 4) is 0 Å². The highest BCUT2D eigenvalue weighted by Crippen LogP contribution is 2.25. The number of carbonyl (C=O) groups is 1. The Kier molecular flexibility index (Phi) is 3.78. The van der Waals surface area contributed by atoms with Gasteiger partial charge in [-0.1, -0.05) is 11.6 Å². The van der Waals surface area contributed by atoms with Crippen LogP contribution < -0.4 is 10.6 Å². The number of benzene rings is 1. The van der Waals surface area contributed by atoms with Crippen molar-refractivity contribution >= 4 is 23.2 Å². The van der Waals surface area contributed by atoms with Crippen molar-refractivity contribution in [1.82, 2.24) is 4.90 Å². The molecule has 0 aromatic heterocycles. The van der Waals surface area contributed by atoms with Crippen LogP contribution in [0, 0.1) is 0 Å². The topological polar surface area (TPSA) is 49.6 Å². The standard InChI is InChI=1S/C13H18ClN3O/c1-9-8-16(2)13(18)12(7-15)17(9)11-5-3-10(14)4-6-11/h3-6,9,12H,7-8,15H2,1-2H3. The first kappa shape index (κ1) is 13.2. The molecule has 2 atom stereocenters. The summed E-state index contributed by atoms with van der Waals surface area (Å²) in [6, 6.07) is 7.47. The second-order valence-corrected chi connectivity index (χ2v) is 5.14. The van der Waals surface area contributed by atoms with E-state index < -0.39 is 0 Å². The van der Waals surface area contributed by atoms with E-state index in [2.05, 4.69) is 11.8 Å². The van der Waals surface area contributed by atoms with E-state index in [1.165, 1.54) is 0 Å². The van der Waals surface area contributed by atoms with Crippen LogP contribution in [0.2, 0.25) is 5.02 Å². The van der Waals surface area contributed by atoms with Crippen LogP contribution in [0.25, 0.3) is 0 Å². The summed E-state index contributed by atoms with van der Waals surface area (Å²) in [7, 11) is 1.82. The fraction of sp³-hybridized carbons (Fsp3) is 0.462. The number of amides is 1. The zero-order valence-electron chi connectivity index (χ0n) is 10.6. The van der Waals surface area contributed by atoms with Crippen LogP contribution in [-0.2, 0) is 4.79 Å². The highest BCUT2D eigenvalue weighted by molar-refractivity contribution is 6.30. The van der Waals surface area contributed by atoms with Gasteiger partial charge in [-0.25, -0.2) is 0 Å². The summed E-state index contributed by atoms with van der Waals surface area (Å²) in [4.78, 5) is 16.0. The van der Waals surface area contributed by atoms with Gasteiger partial charge in [0.25, 0.3) is 0 Å². The van der Waals surface area contributed by atoms with Gasteiger partial charge in [0.15, 0.2) is 0 Å². The molecule has 1 aliphatic rings. The molecule has 0 saturated carbocycles. The molecule has 1 heterocycles. The highest BCUT2D eigenvalue weighted by atomic mass is 35.5. The molecule has 2 N–H and O–H groups in total. The van der Waals surface area contributed by atoms with Gasteiger partial charge in [0, 0.05) is 36.9 Å². The molecule has 2 unspecified atom stereocenters. The average molecular weight is 268 g/mol. The van der Waals surface area contributed by atoms with Crippen molar-refractivity contribution in [3.63, 3.8) is 0 Å². The minimum atomic E-state index is -0.292. The fourth-order valence-corrected chi connectivity index (χ4v) is 2.64. The Morgan fingerprint density at radius 1 is 1.39 bits per heavy atom. The minimum absolute atomic E-state index is 0.0746. The summed E-state index contributed by atoms with van der Waals surface area (Å²) < 4.78 is 0. The molecular weight excluding hydrogens is 250 g/mol. The van der Waals surface area contributed by atoms with E-state index in [9.17, 15) is 4.79 Å². The number of rotatable bonds is 2. The predicted octanol–water partition coefficient (Wildman–Crippen LogP) is 1.33. The Bertz CT molecular complexity index is 434. The monoisotopic (exact) mass is 267 g/mol. The second-order valence-electron chi connectivity index (χ2n) is 4.70. The molecule has 18 heavy (non-hydrogen) atoms. The lowest BCUT2D eigenvalue weighted by molar-refractivity contribution is -0.133. The van der Waals surface area contributed by atoms with Crippen molar-refractivity contribution in [1.29, 1.82) is 0 Å². The first-order valence-corrected chi connectivity index (χ1v) is 6.41. The first-order chi connectivity index (χ1) is 8.54. The quantitative estimate of drug-likeness (QED) is 0.880. The van der Waals surface area contributed by atoms with Gasteiger partial charge in [-0.3, -0.25) is 4.79 Å². The summed E-state index contributed by atoms with van der Waals surface area (Å²) >= 11 is 5.89. The van der Waals surface area contributed by atoms with Crippen LogP contribution in [0.3, 0.4) is 0 Å². The lowest BCUT2D eigenvalue weighted by Crippen LogP contribution is -2.62. The van der Waals surface area contributed by atoms with Gasteiger partial charge in [-0.15, -0.1) is 0 Å². The number of anilines is 1. The third kappa shape index (κ3) is 2.31. The molecule has 1 fully saturated rings. The predicted molar refractivity (Wildman–Crippen MR) is 73.9 cm³/mol. The molecule has 0 bridgehead atoms. The van der Waals surface area contributed by atoms with Crippen LogP contribution in [0.1, 0.15) is 6.92 Å². The third-order valence-corrected chi connectivity index (χ3v) is 3.61. The largest absolute Gasteiger partial charge is 0.354 e. The Morgan fingerprint density at radius 3 is 2.56 bits per heavy atom. The number of hydrogen-bond donors (Lipinski definition) is 1. The summed E-state index contributed by atoms with van der Waals surface area (Å²) in [5, 5.41) is 0.691. The maximum absolute atomic E-state index is 12.1. The molecule has 0 radical (unpaired) electrons. The molecule has 0 spiro atoms. The Labute approximate surface area is 112 Å². The number of carbonyl (C=O) groups excluding carboxylic acids is 1. The van der Waals surface area contributed by atoms with Crippen molar-refractivity contribution < 1.29 is 4.79 Å². The molecule has 1 aliphatic heterocycles. The number of nitrogens with two attached hydrogens (primary N) is 1. The Balaban J connectivity index is 2.34. The van der Waals surface area contributed by atoms with Gasteiger partial charge < -0.3 is 15.5 Å². The number of hydrogen-bond acceptors (Lipinski definition) is 3. The van der Waals surface area contributed by atoms with Gasteiger partial charge in [0.1, 0.15) is 6.04 Å². The molecular formula is C13H18ClN3O. The summed E-state index contributed by atoms with van der Waals surface area (Å²) in [5.74, 6) is 0.0746. The van der Waals surface area contributed by atoms with E-state index in [0.717, 1.165) is 5.69 Å². The Hall–Kier alpha value is -1.26. The van der Waals surface area contributed by atoms with Gasteiger partial charge in [-0.05, 0) is 31.2 Å². The van der Waals surface area contributed by atoms with E-state index >= 15 is 0 Å².